The van der Waals surface area contributed by atoms with Crippen molar-refractivity contribution in [2.45, 2.75) is 13.3 Å². The van der Waals surface area contributed by atoms with Crippen LogP contribution in [0.5, 0.6) is 0 Å². The van der Waals surface area contributed by atoms with Crippen LogP contribution in [0, 0.1) is 6.92 Å². The quantitative estimate of drug-likeness (QED) is 0.942. The molecule has 1 N–H and O–H groups in total. The number of aryl methyl sites for hydroxylation is 1. The molecule has 2 aromatic rings. The predicted molar refractivity (Wildman–Crippen MR) is 73.7 cm³/mol. The van der Waals surface area contributed by atoms with Crippen molar-refractivity contribution in [3.8, 4) is 0 Å². The van der Waals surface area contributed by atoms with Gasteiger partial charge in [0, 0.05) is 18.0 Å². The van der Waals surface area contributed by atoms with E-state index in [0.717, 1.165) is 5.76 Å². The van der Waals surface area contributed by atoms with Crippen LogP contribution in [0.4, 0.5) is 0 Å². The Balaban J connectivity index is 1.90. The van der Waals surface area contributed by atoms with E-state index in [4.69, 9.17) is 27.6 Å². The van der Waals surface area contributed by atoms with Gasteiger partial charge in [0.1, 0.15) is 5.76 Å². The number of hydrogen-bond acceptors (Lipinski definition) is 3. The zero-order valence-corrected chi connectivity index (χ0v) is 11.8. The Morgan fingerprint density at radius 1 is 1.42 bits per heavy atom. The van der Waals surface area contributed by atoms with Crippen LogP contribution in [0.1, 0.15) is 22.0 Å². The fraction of sp³-hybridized carbons (Fsp3) is 0.231. The van der Waals surface area contributed by atoms with Gasteiger partial charge in [0.05, 0.1) is 16.8 Å². The monoisotopic (exact) mass is 298 g/mol. The highest BCUT2D eigenvalue weighted by molar-refractivity contribution is 6.36. The minimum atomic E-state index is -0.245. The van der Waals surface area contributed by atoms with E-state index in [9.17, 15) is 4.79 Å². The van der Waals surface area contributed by atoms with Crippen LogP contribution in [-0.4, -0.2) is 17.4 Å². The first-order valence-electron chi connectivity index (χ1n) is 5.71. The van der Waals surface area contributed by atoms with Crippen molar-refractivity contribution in [3.63, 3.8) is 0 Å². The smallest absolute Gasteiger partial charge is 0.252 e. The van der Waals surface area contributed by atoms with Gasteiger partial charge in [0.25, 0.3) is 5.91 Å². The Kier molecular flexibility index (Phi) is 4.45. The molecule has 0 atom stereocenters. The average molecular weight is 299 g/mol. The fourth-order valence-electron chi connectivity index (χ4n) is 1.57. The van der Waals surface area contributed by atoms with Crippen LogP contribution >= 0.6 is 23.2 Å². The highest BCUT2D eigenvalue weighted by Crippen LogP contribution is 2.20. The number of halogens is 2. The molecule has 0 radical (unpaired) electrons. The summed E-state index contributed by atoms with van der Waals surface area (Å²) >= 11 is 11.7. The van der Waals surface area contributed by atoms with Gasteiger partial charge < -0.3 is 9.73 Å². The van der Waals surface area contributed by atoms with Crippen molar-refractivity contribution in [1.82, 2.24) is 10.3 Å². The summed E-state index contributed by atoms with van der Waals surface area (Å²) in [5.41, 5.74) is 0.398. The molecule has 1 heterocycles. The number of oxazole rings is 1. The van der Waals surface area contributed by atoms with Crippen LogP contribution in [-0.2, 0) is 6.42 Å². The minimum Gasteiger partial charge on any atom is -0.446 e. The number of carbonyl (C=O) groups excluding carboxylic acids is 1. The van der Waals surface area contributed by atoms with E-state index in [-0.39, 0.29) is 5.91 Å². The Bertz CT molecular complexity index is 596. The maximum Gasteiger partial charge on any atom is 0.252 e. The molecule has 1 aromatic carbocycles. The summed E-state index contributed by atoms with van der Waals surface area (Å²) in [6.07, 6.45) is 2.18. The van der Waals surface area contributed by atoms with Gasteiger partial charge in [0.2, 0.25) is 0 Å². The molecule has 0 saturated carbocycles. The largest absolute Gasteiger partial charge is 0.446 e. The topological polar surface area (TPSA) is 55.1 Å². The van der Waals surface area contributed by atoms with Gasteiger partial charge in [-0.1, -0.05) is 23.2 Å². The molecule has 0 saturated heterocycles. The lowest BCUT2D eigenvalue weighted by Gasteiger charge is -2.05. The zero-order chi connectivity index (χ0) is 13.8. The van der Waals surface area contributed by atoms with Gasteiger partial charge in [-0.15, -0.1) is 0 Å². The lowest BCUT2D eigenvalue weighted by molar-refractivity contribution is 0.0954. The van der Waals surface area contributed by atoms with Gasteiger partial charge in [-0.3, -0.25) is 4.79 Å². The summed E-state index contributed by atoms with van der Waals surface area (Å²) < 4.78 is 5.30. The second-order valence-electron chi connectivity index (χ2n) is 3.99. The third-order valence-electron chi connectivity index (χ3n) is 2.47. The standard InChI is InChI=1S/C13H12Cl2N2O2/c1-8-7-17-12(19-8)4-5-16-13(18)10-3-2-9(14)6-11(10)15/h2-3,6-7H,4-5H2,1H3,(H,16,18). The number of amides is 1. The second-order valence-corrected chi connectivity index (χ2v) is 4.84. The third-order valence-corrected chi connectivity index (χ3v) is 3.02. The van der Waals surface area contributed by atoms with Crippen molar-refractivity contribution in [3.05, 3.63) is 51.7 Å². The third kappa shape index (κ3) is 3.72. The molecule has 19 heavy (non-hydrogen) atoms. The van der Waals surface area contributed by atoms with E-state index in [1.54, 1.807) is 18.3 Å². The molecule has 100 valence electrons. The van der Waals surface area contributed by atoms with E-state index in [2.05, 4.69) is 10.3 Å². The average Bonchev–Trinajstić information content (AvgIpc) is 2.75. The molecule has 0 bridgehead atoms. The molecule has 0 fully saturated rings. The van der Waals surface area contributed by atoms with E-state index in [1.807, 2.05) is 6.92 Å². The molecule has 0 aliphatic carbocycles. The van der Waals surface area contributed by atoms with Crippen LogP contribution in [0.15, 0.2) is 28.8 Å². The van der Waals surface area contributed by atoms with Gasteiger partial charge in [-0.05, 0) is 25.1 Å². The van der Waals surface area contributed by atoms with Crippen molar-refractivity contribution in [2.75, 3.05) is 6.54 Å². The van der Waals surface area contributed by atoms with Gasteiger partial charge in [-0.2, -0.15) is 0 Å². The zero-order valence-electron chi connectivity index (χ0n) is 10.2. The Morgan fingerprint density at radius 3 is 2.84 bits per heavy atom. The summed E-state index contributed by atoms with van der Waals surface area (Å²) in [6.45, 7) is 2.25. The van der Waals surface area contributed by atoms with Gasteiger partial charge >= 0.3 is 0 Å². The van der Waals surface area contributed by atoms with Crippen LogP contribution in [0.25, 0.3) is 0 Å². The summed E-state index contributed by atoms with van der Waals surface area (Å²) in [5.74, 6) is 1.10. The SMILES string of the molecule is Cc1cnc(CCNC(=O)c2ccc(Cl)cc2Cl)o1. The minimum absolute atomic E-state index is 0.245. The Morgan fingerprint density at radius 2 is 2.21 bits per heavy atom. The number of hydrogen-bond donors (Lipinski definition) is 1. The number of nitrogens with one attached hydrogen (secondary N) is 1. The summed E-state index contributed by atoms with van der Waals surface area (Å²) in [7, 11) is 0. The van der Waals surface area contributed by atoms with Crippen molar-refractivity contribution < 1.29 is 9.21 Å². The summed E-state index contributed by atoms with van der Waals surface area (Å²) in [5, 5.41) is 3.58. The number of carbonyl (C=O) groups is 1. The molecule has 0 spiro atoms. The van der Waals surface area contributed by atoms with E-state index in [1.165, 1.54) is 6.07 Å². The van der Waals surface area contributed by atoms with Gasteiger partial charge in [0.15, 0.2) is 5.89 Å². The highest BCUT2D eigenvalue weighted by Gasteiger charge is 2.10. The highest BCUT2D eigenvalue weighted by atomic mass is 35.5. The molecule has 2 rings (SSSR count). The first-order chi connectivity index (χ1) is 9.06. The molecule has 6 heteroatoms. The van der Waals surface area contributed by atoms with Crippen LogP contribution in [0.2, 0.25) is 10.0 Å². The normalized spacial score (nSPS) is 10.5. The number of rotatable bonds is 4. The molecule has 1 amide bonds. The molecule has 1 aromatic heterocycles. The molecule has 4 nitrogen and oxygen atoms in total. The maximum atomic E-state index is 11.9. The second kappa shape index (κ2) is 6.08. The molecule has 0 unspecified atom stereocenters. The van der Waals surface area contributed by atoms with Crippen LogP contribution < -0.4 is 5.32 Å². The van der Waals surface area contributed by atoms with Crippen molar-refractivity contribution in [2.24, 2.45) is 0 Å². The number of nitrogens with zero attached hydrogens (tertiary/aromatic N) is 1. The Hall–Kier alpha value is -1.52. The van der Waals surface area contributed by atoms with Crippen molar-refractivity contribution >= 4 is 29.1 Å². The first kappa shape index (κ1) is 13.9. The van der Waals surface area contributed by atoms with Crippen molar-refractivity contribution in [1.29, 1.82) is 0 Å². The lowest BCUT2D eigenvalue weighted by Crippen LogP contribution is -2.26. The number of aromatic nitrogens is 1. The number of benzene rings is 1. The van der Waals surface area contributed by atoms with E-state index < -0.39 is 0 Å². The Labute approximate surface area is 120 Å². The van der Waals surface area contributed by atoms with E-state index >= 15 is 0 Å². The molecular formula is C13H12Cl2N2O2. The van der Waals surface area contributed by atoms with E-state index in [0.29, 0.717) is 34.5 Å². The molecule has 0 aliphatic heterocycles. The fourth-order valence-corrected chi connectivity index (χ4v) is 2.06. The van der Waals surface area contributed by atoms with Gasteiger partial charge in [-0.25, -0.2) is 4.98 Å². The predicted octanol–water partition coefficient (Wildman–Crippen LogP) is 3.26. The summed E-state index contributed by atoms with van der Waals surface area (Å²) in [6, 6.07) is 4.75. The first-order valence-corrected chi connectivity index (χ1v) is 6.46. The van der Waals surface area contributed by atoms with Crippen LogP contribution in [0.3, 0.4) is 0 Å². The summed E-state index contributed by atoms with van der Waals surface area (Å²) in [4.78, 5) is 15.9. The maximum absolute atomic E-state index is 11.9. The molecule has 0 aliphatic rings. The lowest BCUT2D eigenvalue weighted by atomic mass is 10.2. The molecular weight excluding hydrogens is 287 g/mol.